The van der Waals surface area contributed by atoms with Crippen LogP contribution in [-0.2, 0) is 0 Å². The first kappa shape index (κ1) is 19.8. The molecule has 1 aliphatic rings. The Morgan fingerprint density at radius 1 is 1.13 bits per heavy atom. The van der Waals surface area contributed by atoms with Crippen LogP contribution in [0.4, 0.5) is 5.69 Å². The average molecular weight is 403 g/mol. The van der Waals surface area contributed by atoms with Crippen LogP contribution in [-0.4, -0.2) is 52.2 Å². The van der Waals surface area contributed by atoms with Gasteiger partial charge in [-0.3, -0.25) is 19.8 Å². The summed E-state index contributed by atoms with van der Waals surface area (Å²) in [5.74, 6) is 0.551. The van der Waals surface area contributed by atoms with Crippen LogP contribution in [0.3, 0.4) is 0 Å². The number of H-pyrrole nitrogens is 1. The van der Waals surface area contributed by atoms with Gasteiger partial charge in [-0.1, -0.05) is 18.2 Å². The molecule has 3 heterocycles. The molecule has 0 bridgehead atoms. The van der Waals surface area contributed by atoms with Crippen molar-refractivity contribution in [2.24, 2.45) is 0 Å². The summed E-state index contributed by atoms with van der Waals surface area (Å²) in [5, 5.41) is 9.66. The van der Waals surface area contributed by atoms with E-state index in [4.69, 9.17) is 4.74 Å². The highest BCUT2D eigenvalue weighted by atomic mass is 16.5. The fourth-order valence-electron chi connectivity index (χ4n) is 3.39. The van der Waals surface area contributed by atoms with E-state index < -0.39 is 0 Å². The number of aromatic amines is 1. The molecule has 154 valence electrons. The molecule has 1 amide bonds. The molecular weight excluding hydrogens is 378 g/mol. The first-order chi connectivity index (χ1) is 14.8. The standard InChI is InChI=1S/C23H25N5O2/c29-23(22-19(17-25-27-22)6-5-18-4-3-11-24-16-18)26-20-7-9-21(10-8-20)30-15-14-28-12-1-2-13-28/h3-11,16-17H,1-2,12-15H2,(H,25,27)(H,26,29). The number of hydrogen-bond donors (Lipinski definition) is 2. The Morgan fingerprint density at radius 2 is 1.97 bits per heavy atom. The predicted molar refractivity (Wildman–Crippen MR) is 117 cm³/mol. The minimum Gasteiger partial charge on any atom is -0.492 e. The van der Waals surface area contributed by atoms with Crippen molar-refractivity contribution in [3.05, 3.63) is 71.8 Å². The number of hydrogen-bond acceptors (Lipinski definition) is 5. The van der Waals surface area contributed by atoms with E-state index in [1.165, 1.54) is 25.9 Å². The highest BCUT2D eigenvalue weighted by Crippen LogP contribution is 2.18. The predicted octanol–water partition coefficient (Wildman–Crippen LogP) is 3.70. The van der Waals surface area contributed by atoms with Gasteiger partial charge in [-0.25, -0.2) is 0 Å². The van der Waals surface area contributed by atoms with Gasteiger partial charge in [0.15, 0.2) is 0 Å². The molecule has 0 saturated carbocycles. The van der Waals surface area contributed by atoms with Crippen molar-refractivity contribution < 1.29 is 9.53 Å². The van der Waals surface area contributed by atoms with Crippen LogP contribution >= 0.6 is 0 Å². The second-order valence-corrected chi connectivity index (χ2v) is 7.20. The zero-order chi connectivity index (χ0) is 20.6. The van der Waals surface area contributed by atoms with Gasteiger partial charge in [0.05, 0.1) is 6.20 Å². The van der Waals surface area contributed by atoms with Gasteiger partial charge in [0, 0.05) is 30.2 Å². The van der Waals surface area contributed by atoms with E-state index in [0.717, 1.165) is 17.9 Å². The van der Waals surface area contributed by atoms with Crippen molar-refractivity contribution >= 4 is 23.7 Å². The number of rotatable bonds is 8. The molecule has 1 aromatic carbocycles. The highest BCUT2D eigenvalue weighted by Gasteiger charge is 2.13. The molecule has 0 atom stereocenters. The number of nitrogens with zero attached hydrogens (tertiary/aromatic N) is 3. The largest absolute Gasteiger partial charge is 0.492 e. The normalized spacial score (nSPS) is 14.3. The molecule has 0 radical (unpaired) electrons. The van der Waals surface area contributed by atoms with Crippen molar-refractivity contribution in [2.45, 2.75) is 12.8 Å². The molecule has 1 saturated heterocycles. The van der Waals surface area contributed by atoms with Gasteiger partial charge in [0.2, 0.25) is 0 Å². The molecule has 0 unspecified atom stereocenters. The second kappa shape index (κ2) is 9.84. The number of nitrogens with one attached hydrogen (secondary N) is 2. The summed E-state index contributed by atoms with van der Waals surface area (Å²) in [7, 11) is 0. The van der Waals surface area contributed by atoms with Gasteiger partial charge in [0.25, 0.3) is 5.91 Å². The lowest BCUT2D eigenvalue weighted by Gasteiger charge is -2.15. The Bertz CT molecular complexity index is 976. The minimum absolute atomic E-state index is 0.249. The fourth-order valence-corrected chi connectivity index (χ4v) is 3.39. The number of amides is 1. The van der Waals surface area contributed by atoms with Crippen molar-refractivity contribution in [1.82, 2.24) is 20.1 Å². The molecule has 0 aliphatic carbocycles. The Morgan fingerprint density at radius 3 is 2.73 bits per heavy atom. The summed E-state index contributed by atoms with van der Waals surface area (Å²) >= 11 is 0. The molecule has 7 heteroatoms. The SMILES string of the molecule is O=C(Nc1ccc(OCCN2CCCC2)cc1)c1[nH]ncc1C=Cc1cccnc1. The highest BCUT2D eigenvalue weighted by molar-refractivity contribution is 6.05. The zero-order valence-corrected chi connectivity index (χ0v) is 16.8. The van der Waals surface area contributed by atoms with Crippen LogP contribution in [0, 0.1) is 0 Å². The number of anilines is 1. The molecule has 3 aromatic rings. The summed E-state index contributed by atoms with van der Waals surface area (Å²) in [6.07, 6.45) is 11.4. The number of carbonyl (C=O) groups is 1. The third kappa shape index (κ3) is 5.33. The van der Waals surface area contributed by atoms with E-state index in [2.05, 4.69) is 25.4 Å². The zero-order valence-electron chi connectivity index (χ0n) is 16.8. The molecule has 1 aliphatic heterocycles. The number of aromatic nitrogens is 3. The second-order valence-electron chi connectivity index (χ2n) is 7.20. The average Bonchev–Trinajstić information content (AvgIpc) is 3.46. The van der Waals surface area contributed by atoms with Gasteiger partial charge in [-0.15, -0.1) is 0 Å². The first-order valence-corrected chi connectivity index (χ1v) is 10.2. The summed E-state index contributed by atoms with van der Waals surface area (Å²) in [6.45, 7) is 3.96. The van der Waals surface area contributed by atoms with Crippen molar-refractivity contribution in [1.29, 1.82) is 0 Å². The third-order valence-corrected chi connectivity index (χ3v) is 5.02. The summed E-state index contributed by atoms with van der Waals surface area (Å²) < 4.78 is 5.81. The Balaban J connectivity index is 1.32. The third-order valence-electron chi connectivity index (χ3n) is 5.02. The lowest BCUT2D eigenvalue weighted by atomic mass is 10.2. The van der Waals surface area contributed by atoms with E-state index in [1.54, 1.807) is 18.6 Å². The van der Waals surface area contributed by atoms with Crippen LogP contribution in [0.25, 0.3) is 12.2 Å². The smallest absolute Gasteiger partial charge is 0.274 e. The molecule has 30 heavy (non-hydrogen) atoms. The molecular formula is C23H25N5O2. The number of likely N-dealkylation sites (tertiary alicyclic amines) is 1. The Labute approximate surface area is 175 Å². The lowest BCUT2D eigenvalue weighted by molar-refractivity contribution is 0.102. The van der Waals surface area contributed by atoms with E-state index in [9.17, 15) is 4.79 Å². The van der Waals surface area contributed by atoms with E-state index in [-0.39, 0.29) is 5.91 Å². The Kier molecular flexibility index (Phi) is 6.51. The Hall–Kier alpha value is -3.45. The lowest BCUT2D eigenvalue weighted by Crippen LogP contribution is -2.25. The molecule has 7 nitrogen and oxygen atoms in total. The van der Waals surface area contributed by atoms with E-state index in [0.29, 0.717) is 23.6 Å². The molecule has 2 N–H and O–H groups in total. The maximum Gasteiger partial charge on any atom is 0.274 e. The summed E-state index contributed by atoms with van der Waals surface area (Å²) in [6, 6.07) is 11.2. The van der Waals surface area contributed by atoms with Crippen molar-refractivity contribution in [3.63, 3.8) is 0 Å². The minimum atomic E-state index is -0.249. The van der Waals surface area contributed by atoms with Gasteiger partial charge in [-0.2, -0.15) is 5.10 Å². The number of pyridine rings is 1. The van der Waals surface area contributed by atoms with Gasteiger partial charge >= 0.3 is 0 Å². The number of benzene rings is 1. The van der Waals surface area contributed by atoms with E-state index in [1.807, 2.05) is 48.6 Å². The fraction of sp³-hybridized carbons (Fsp3) is 0.261. The summed E-state index contributed by atoms with van der Waals surface area (Å²) in [5.41, 5.74) is 2.76. The van der Waals surface area contributed by atoms with Crippen LogP contribution in [0.2, 0.25) is 0 Å². The van der Waals surface area contributed by atoms with Crippen molar-refractivity contribution in [2.75, 3.05) is 31.6 Å². The monoisotopic (exact) mass is 403 g/mol. The van der Waals surface area contributed by atoms with Crippen LogP contribution in [0.15, 0.2) is 55.0 Å². The molecule has 2 aromatic heterocycles. The van der Waals surface area contributed by atoms with Crippen LogP contribution in [0.1, 0.15) is 34.5 Å². The maximum atomic E-state index is 12.6. The first-order valence-electron chi connectivity index (χ1n) is 10.2. The molecule has 1 fully saturated rings. The van der Waals surface area contributed by atoms with Crippen LogP contribution < -0.4 is 10.1 Å². The van der Waals surface area contributed by atoms with Crippen LogP contribution in [0.5, 0.6) is 5.75 Å². The summed E-state index contributed by atoms with van der Waals surface area (Å²) in [4.78, 5) is 19.1. The molecule has 4 rings (SSSR count). The number of carbonyl (C=O) groups excluding carboxylic acids is 1. The quantitative estimate of drug-likeness (QED) is 0.599. The van der Waals surface area contributed by atoms with Crippen molar-refractivity contribution in [3.8, 4) is 5.75 Å². The molecule has 0 spiro atoms. The maximum absolute atomic E-state index is 12.6. The van der Waals surface area contributed by atoms with Gasteiger partial charge in [0.1, 0.15) is 18.1 Å². The van der Waals surface area contributed by atoms with Gasteiger partial charge in [-0.05, 0) is 61.8 Å². The number of ether oxygens (including phenoxy) is 1. The topological polar surface area (TPSA) is 83.1 Å². The van der Waals surface area contributed by atoms with E-state index >= 15 is 0 Å². The van der Waals surface area contributed by atoms with Gasteiger partial charge < -0.3 is 10.1 Å².